The lowest BCUT2D eigenvalue weighted by Gasteiger charge is -2.06. The number of benzene rings is 1. The molecule has 0 aromatic heterocycles. The first-order chi connectivity index (χ1) is 8.08. The molecule has 0 bridgehead atoms. The lowest BCUT2D eigenvalue weighted by molar-refractivity contribution is -0.130. The number of halogens is 1. The Morgan fingerprint density at radius 3 is 2.71 bits per heavy atom. The topological polar surface area (TPSA) is 52.6 Å². The van der Waals surface area contributed by atoms with Crippen molar-refractivity contribution in [1.82, 2.24) is 0 Å². The summed E-state index contributed by atoms with van der Waals surface area (Å²) in [7, 11) is 1.44. The number of rotatable bonds is 4. The fourth-order valence-corrected chi connectivity index (χ4v) is 1.49. The minimum Gasteiger partial charge on any atom is -0.504 e. The minimum atomic E-state index is -0.558. The highest BCUT2D eigenvalue weighted by molar-refractivity contribution is 9.10. The van der Waals surface area contributed by atoms with Crippen molar-refractivity contribution in [3.63, 3.8) is 0 Å². The lowest BCUT2D eigenvalue weighted by Crippen LogP contribution is -2.10. The predicted molar refractivity (Wildman–Crippen MR) is 65.9 cm³/mol. The monoisotopic (exact) mass is 298 g/mol. The van der Waals surface area contributed by atoms with Crippen LogP contribution < -0.4 is 4.74 Å². The van der Waals surface area contributed by atoms with Gasteiger partial charge in [-0.1, -0.05) is 15.9 Å². The molecule has 0 saturated heterocycles. The van der Waals surface area contributed by atoms with Gasteiger partial charge in [0.25, 0.3) is 0 Å². The van der Waals surface area contributed by atoms with E-state index in [4.69, 9.17) is 9.47 Å². The first-order valence-electron chi connectivity index (χ1n) is 4.75. The summed E-state index contributed by atoms with van der Waals surface area (Å²) in [6, 6.07) is 4.81. The number of methoxy groups -OCH3 is 1. The molecule has 1 aromatic carbocycles. The van der Waals surface area contributed by atoms with Gasteiger partial charge in [0, 0.05) is 4.47 Å². The van der Waals surface area contributed by atoms with Crippen molar-refractivity contribution >= 4 is 28.2 Å². The van der Waals surface area contributed by atoms with E-state index in [0.29, 0.717) is 17.4 Å². The van der Waals surface area contributed by atoms with Gasteiger partial charge < -0.3 is 9.47 Å². The molecule has 1 aromatic rings. The number of aldehydes is 1. The van der Waals surface area contributed by atoms with E-state index in [0.717, 1.165) is 4.47 Å². The number of hydrogen-bond donors (Lipinski definition) is 0. The number of carbonyl (C=O) groups is 2. The Morgan fingerprint density at radius 2 is 2.12 bits per heavy atom. The van der Waals surface area contributed by atoms with E-state index in [1.165, 1.54) is 13.4 Å². The molecule has 0 saturated carbocycles. The van der Waals surface area contributed by atoms with Gasteiger partial charge in [-0.15, -0.1) is 0 Å². The smallest absolute Gasteiger partial charge is 0.342 e. The molecule has 0 spiro atoms. The van der Waals surface area contributed by atoms with Gasteiger partial charge in [-0.25, -0.2) is 4.79 Å². The lowest BCUT2D eigenvalue weighted by atomic mass is 10.2. The van der Waals surface area contributed by atoms with Gasteiger partial charge in [0.2, 0.25) is 0 Å². The van der Waals surface area contributed by atoms with Crippen LogP contribution >= 0.6 is 15.9 Å². The molecule has 0 heterocycles. The normalized spacial score (nSPS) is 10.9. The van der Waals surface area contributed by atoms with Crippen LogP contribution in [0.5, 0.6) is 5.75 Å². The standard InChI is InChI=1S/C12H11BrO4/c1-8(7-16-2)12(15)17-11-4-3-10(13)5-9(11)6-14/h3-7H,1-2H3/b8-7-. The van der Waals surface area contributed by atoms with Crippen molar-refractivity contribution in [2.75, 3.05) is 7.11 Å². The van der Waals surface area contributed by atoms with E-state index in [9.17, 15) is 9.59 Å². The van der Waals surface area contributed by atoms with E-state index < -0.39 is 5.97 Å². The fourth-order valence-electron chi connectivity index (χ4n) is 1.11. The second-order valence-electron chi connectivity index (χ2n) is 3.23. The zero-order valence-corrected chi connectivity index (χ0v) is 11.0. The Labute approximate surface area is 107 Å². The van der Waals surface area contributed by atoms with Crippen LogP contribution in [0, 0.1) is 0 Å². The van der Waals surface area contributed by atoms with Crippen LogP contribution in [-0.4, -0.2) is 19.4 Å². The Hall–Kier alpha value is -1.62. The molecule has 1 rings (SSSR count). The second-order valence-corrected chi connectivity index (χ2v) is 4.14. The van der Waals surface area contributed by atoms with E-state index in [-0.39, 0.29) is 5.75 Å². The number of hydrogen-bond acceptors (Lipinski definition) is 4. The first-order valence-corrected chi connectivity index (χ1v) is 5.54. The molecule has 5 heteroatoms. The average molecular weight is 299 g/mol. The summed E-state index contributed by atoms with van der Waals surface area (Å²) in [4.78, 5) is 22.4. The summed E-state index contributed by atoms with van der Waals surface area (Å²) in [5.41, 5.74) is 0.616. The van der Waals surface area contributed by atoms with Gasteiger partial charge in [-0.05, 0) is 25.1 Å². The highest BCUT2D eigenvalue weighted by atomic mass is 79.9. The van der Waals surface area contributed by atoms with Crippen molar-refractivity contribution in [3.8, 4) is 5.75 Å². The Kier molecular flexibility index (Phi) is 4.90. The summed E-state index contributed by atoms with van der Waals surface area (Å²) in [6.45, 7) is 1.56. The maximum atomic E-state index is 11.6. The summed E-state index contributed by atoms with van der Waals surface area (Å²) < 4.78 is 10.5. The Bertz CT molecular complexity index is 466. The number of ether oxygens (including phenoxy) is 2. The third-order valence-corrected chi connectivity index (χ3v) is 2.41. The minimum absolute atomic E-state index is 0.219. The van der Waals surface area contributed by atoms with Crippen LogP contribution in [-0.2, 0) is 9.53 Å². The molecule has 4 nitrogen and oxygen atoms in total. The van der Waals surface area contributed by atoms with Crippen LogP contribution in [0.4, 0.5) is 0 Å². The molecule has 17 heavy (non-hydrogen) atoms. The van der Waals surface area contributed by atoms with Crippen LogP contribution in [0.3, 0.4) is 0 Å². The highest BCUT2D eigenvalue weighted by Crippen LogP contribution is 2.22. The van der Waals surface area contributed by atoms with Crippen molar-refractivity contribution < 1.29 is 19.1 Å². The van der Waals surface area contributed by atoms with E-state index in [1.807, 2.05) is 0 Å². The largest absolute Gasteiger partial charge is 0.504 e. The zero-order chi connectivity index (χ0) is 12.8. The van der Waals surface area contributed by atoms with Crippen LogP contribution in [0.2, 0.25) is 0 Å². The average Bonchev–Trinajstić information content (AvgIpc) is 2.31. The maximum absolute atomic E-state index is 11.6. The predicted octanol–water partition coefficient (Wildman–Crippen LogP) is 2.72. The van der Waals surface area contributed by atoms with Gasteiger partial charge in [-0.2, -0.15) is 0 Å². The molecule has 0 aliphatic heterocycles. The maximum Gasteiger partial charge on any atom is 0.342 e. The zero-order valence-electron chi connectivity index (χ0n) is 9.40. The van der Waals surface area contributed by atoms with Crippen molar-refractivity contribution in [3.05, 3.63) is 40.1 Å². The molecule has 0 N–H and O–H groups in total. The van der Waals surface area contributed by atoms with Gasteiger partial charge >= 0.3 is 5.97 Å². The van der Waals surface area contributed by atoms with Gasteiger partial charge in [0.15, 0.2) is 6.29 Å². The first kappa shape index (κ1) is 13.4. The molecular weight excluding hydrogens is 288 g/mol. The number of esters is 1. The molecule has 0 atom stereocenters. The molecule has 0 radical (unpaired) electrons. The molecule has 90 valence electrons. The summed E-state index contributed by atoms with van der Waals surface area (Å²) >= 11 is 3.23. The molecule has 0 unspecified atom stereocenters. The van der Waals surface area contributed by atoms with Crippen molar-refractivity contribution in [2.24, 2.45) is 0 Å². The molecule has 0 aliphatic carbocycles. The van der Waals surface area contributed by atoms with Gasteiger partial charge in [0.05, 0.1) is 24.5 Å². The van der Waals surface area contributed by atoms with E-state index in [1.54, 1.807) is 25.1 Å². The number of carbonyl (C=O) groups excluding carboxylic acids is 2. The Morgan fingerprint density at radius 1 is 1.41 bits per heavy atom. The van der Waals surface area contributed by atoms with E-state index in [2.05, 4.69) is 15.9 Å². The molecule has 0 amide bonds. The molecular formula is C12H11BrO4. The van der Waals surface area contributed by atoms with E-state index >= 15 is 0 Å². The van der Waals surface area contributed by atoms with Crippen molar-refractivity contribution in [1.29, 1.82) is 0 Å². The second kappa shape index (κ2) is 6.20. The summed E-state index contributed by atoms with van der Waals surface area (Å²) in [5.74, 6) is -0.339. The fraction of sp³-hybridized carbons (Fsp3) is 0.167. The third-order valence-electron chi connectivity index (χ3n) is 1.92. The third kappa shape index (κ3) is 3.71. The van der Waals surface area contributed by atoms with Gasteiger partial charge in [-0.3, -0.25) is 4.79 Å². The SMILES string of the molecule is CO/C=C(/C)C(=O)Oc1ccc(Br)cc1C=O. The highest BCUT2D eigenvalue weighted by Gasteiger charge is 2.11. The Balaban J connectivity index is 2.92. The van der Waals surface area contributed by atoms with Crippen LogP contribution in [0.25, 0.3) is 0 Å². The summed E-state index contributed by atoms with van der Waals surface area (Å²) in [6.07, 6.45) is 1.91. The quantitative estimate of drug-likeness (QED) is 0.282. The van der Waals surface area contributed by atoms with Gasteiger partial charge in [0.1, 0.15) is 5.75 Å². The van der Waals surface area contributed by atoms with Crippen LogP contribution in [0.15, 0.2) is 34.5 Å². The summed E-state index contributed by atoms with van der Waals surface area (Å²) in [5, 5.41) is 0. The van der Waals surface area contributed by atoms with Crippen LogP contribution in [0.1, 0.15) is 17.3 Å². The van der Waals surface area contributed by atoms with Crippen molar-refractivity contribution in [2.45, 2.75) is 6.92 Å². The molecule has 0 fully saturated rings. The molecule has 0 aliphatic rings.